The van der Waals surface area contributed by atoms with Gasteiger partial charge in [0.05, 0.1) is 16.3 Å². The van der Waals surface area contributed by atoms with Crippen molar-refractivity contribution in [2.75, 3.05) is 6.61 Å². The molecular weight excluding hydrogens is 220 g/mol. The molecule has 2 rings (SSSR count). The van der Waals surface area contributed by atoms with Crippen LogP contribution >= 0.6 is 11.3 Å². The minimum Gasteiger partial charge on any atom is -0.374 e. The Balaban J connectivity index is 2.04. The van der Waals surface area contributed by atoms with Crippen molar-refractivity contribution in [3.63, 3.8) is 0 Å². The Labute approximate surface area is 101 Å². The van der Waals surface area contributed by atoms with E-state index in [1.165, 1.54) is 4.88 Å². The molecule has 0 bridgehead atoms. The molecule has 1 aliphatic heterocycles. The van der Waals surface area contributed by atoms with E-state index in [9.17, 15) is 0 Å². The van der Waals surface area contributed by atoms with Crippen LogP contribution in [0.25, 0.3) is 0 Å². The van der Waals surface area contributed by atoms with Crippen molar-refractivity contribution in [2.24, 2.45) is 5.73 Å². The lowest BCUT2D eigenvalue weighted by Crippen LogP contribution is -2.46. The van der Waals surface area contributed by atoms with Crippen molar-refractivity contribution < 1.29 is 4.74 Å². The zero-order valence-electron chi connectivity index (χ0n) is 10.2. The van der Waals surface area contributed by atoms with Crippen molar-refractivity contribution in [2.45, 2.75) is 51.7 Å². The summed E-state index contributed by atoms with van der Waals surface area (Å²) in [6, 6.07) is 0.0555. The highest BCUT2D eigenvalue weighted by molar-refractivity contribution is 7.11. The fourth-order valence-corrected chi connectivity index (χ4v) is 3.12. The van der Waals surface area contributed by atoms with E-state index in [-0.39, 0.29) is 11.6 Å². The smallest absolute Gasteiger partial charge is 0.0947 e. The fourth-order valence-electron chi connectivity index (χ4n) is 2.12. The molecule has 2 heterocycles. The number of rotatable bonds is 3. The van der Waals surface area contributed by atoms with Gasteiger partial charge in [-0.2, -0.15) is 0 Å². The Bertz CT molecular complexity index is 350. The highest BCUT2D eigenvalue weighted by atomic mass is 32.1. The summed E-state index contributed by atoms with van der Waals surface area (Å²) in [7, 11) is 0. The first kappa shape index (κ1) is 12.0. The number of hydrogen-bond acceptors (Lipinski definition) is 4. The number of ether oxygens (including phenoxy) is 1. The molecule has 1 aromatic heterocycles. The largest absolute Gasteiger partial charge is 0.374 e. The zero-order chi connectivity index (χ0) is 11.8. The molecule has 1 fully saturated rings. The predicted octanol–water partition coefficient (Wildman–Crippen LogP) is 2.20. The maximum atomic E-state index is 6.25. The van der Waals surface area contributed by atoms with Gasteiger partial charge in [0.25, 0.3) is 0 Å². The van der Waals surface area contributed by atoms with Gasteiger partial charge in [0, 0.05) is 23.9 Å². The summed E-state index contributed by atoms with van der Waals surface area (Å²) in [6.07, 6.45) is 3.02. The summed E-state index contributed by atoms with van der Waals surface area (Å²) in [5.41, 5.74) is 7.23. The van der Waals surface area contributed by atoms with Gasteiger partial charge >= 0.3 is 0 Å². The molecular formula is C12H20N2OS. The third-order valence-electron chi connectivity index (χ3n) is 3.50. The van der Waals surface area contributed by atoms with Crippen LogP contribution in [0.4, 0.5) is 0 Å². The number of hydrogen-bond donors (Lipinski definition) is 1. The van der Waals surface area contributed by atoms with E-state index < -0.39 is 0 Å². The van der Waals surface area contributed by atoms with Crippen molar-refractivity contribution in [3.8, 4) is 0 Å². The lowest BCUT2D eigenvalue weighted by molar-refractivity contribution is -0.000919. The molecule has 2 N–H and O–H groups in total. The van der Waals surface area contributed by atoms with Crippen LogP contribution in [0.15, 0.2) is 0 Å². The summed E-state index contributed by atoms with van der Waals surface area (Å²) in [4.78, 5) is 5.83. The highest BCUT2D eigenvalue weighted by Crippen LogP contribution is 2.30. The standard InChI is InChI=1S/C12H20N2OS/c1-8-9(2)16-11(14-8)7-10(13)12(3)5-4-6-15-12/h10H,4-7,13H2,1-3H3. The van der Waals surface area contributed by atoms with E-state index >= 15 is 0 Å². The summed E-state index contributed by atoms with van der Waals surface area (Å²) in [5, 5.41) is 1.14. The lowest BCUT2D eigenvalue weighted by atomic mass is 9.92. The van der Waals surface area contributed by atoms with E-state index in [0.29, 0.717) is 0 Å². The first-order valence-corrected chi connectivity index (χ1v) is 6.65. The molecule has 0 aromatic carbocycles. The maximum absolute atomic E-state index is 6.25. The van der Waals surface area contributed by atoms with Gasteiger partial charge in [-0.15, -0.1) is 11.3 Å². The number of thiazole rings is 1. The summed E-state index contributed by atoms with van der Waals surface area (Å²) in [5.74, 6) is 0. The first-order chi connectivity index (χ1) is 7.51. The lowest BCUT2D eigenvalue weighted by Gasteiger charge is -2.29. The topological polar surface area (TPSA) is 48.1 Å². The minimum absolute atomic E-state index is 0.0555. The molecule has 2 unspecified atom stereocenters. The molecule has 0 amide bonds. The molecule has 0 radical (unpaired) electrons. The summed E-state index contributed by atoms with van der Waals surface area (Å²) in [6.45, 7) is 7.13. The Morgan fingerprint density at radius 1 is 1.56 bits per heavy atom. The van der Waals surface area contributed by atoms with Crippen LogP contribution in [0.3, 0.4) is 0 Å². The average molecular weight is 240 g/mol. The molecule has 90 valence electrons. The number of aromatic nitrogens is 1. The molecule has 1 aliphatic rings. The summed E-state index contributed by atoms with van der Waals surface area (Å²) >= 11 is 1.75. The number of aryl methyl sites for hydroxylation is 2. The second-order valence-electron chi connectivity index (χ2n) is 4.82. The third kappa shape index (κ3) is 2.29. The van der Waals surface area contributed by atoms with Gasteiger partial charge in [0.15, 0.2) is 0 Å². The monoisotopic (exact) mass is 240 g/mol. The molecule has 2 atom stereocenters. The van der Waals surface area contributed by atoms with Gasteiger partial charge in [0.2, 0.25) is 0 Å². The Kier molecular flexibility index (Phi) is 3.33. The molecule has 0 spiro atoms. The van der Waals surface area contributed by atoms with Crippen LogP contribution in [0.2, 0.25) is 0 Å². The predicted molar refractivity (Wildman–Crippen MR) is 66.9 cm³/mol. The van der Waals surface area contributed by atoms with E-state index in [1.54, 1.807) is 11.3 Å². The average Bonchev–Trinajstić information content (AvgIpc) is 2.76. The third-order valence-corrected chi connectivity index (χ3v) is 4.60. The van der Waals surface area contributed by atoms with Crippen LogP contribution in [0.5, 0.6) is 0 Å². The fraction of sp³-hybridized carbons (Fsp3) is 0.750. The van der Waals surface area contributed by atoms with Crippen LogP contribution < -0.4 is 5.73 Å². The van der Waals surface area contributed by atoms with Gasteiger partial charge in [-0.05, 0) is 33.6 Å². The van der Waals surface area contributed by atoms with Crippen molar-refractivity contribution >= 4 is 11.3 Å². The van der Waals surface area contributed by atoms with Gasteiger partial charge in [-0.25, -0.2) is 4.98 Å². The van der Waals surface area contributed by atoms with E-state index in [4.69, 9.17) is 10.5 Å². The molecule has 0 aliphatic carbocycles. The second-order valence-corrected chi connectivity index (χ2v) is 6.11. The molecule has 1 saturated heterocycles. The van der Waals surface area contributed by atoms with Gasteiger partial charge in [-0.1, -0.05) is 0 Å². The second kappa shape index (κ2) is 4.43. The Morgan fingerprint density at radius 2 is 2.31 bits per heavy atom. The summed E-state index contributed by atoms with van der Waals surface area (Å²) < 4.78 is 5.76. The SMILES string of the molecule is Cc1nc(CC(N)C2(C)CCCO2)sc1C. The molecule has 16 heavy (non-hydrogen) atoms. The Morgan fingerprint density at radius 3 is 2.81 bits per heavy atom. The van der Waals surface area contributed by atoms with E-state index in [1.807, 2.05) is 0 Å². The number of nitrogens with zero attached hydrogens (tertiary/aromatic N) is 1. The first-order valence-electron chi connectivity index (χ1n) is 5.84. The number of nitrogens with two attached hydrogens (primary N) is 1. The van der Waals surface area contributed by atoms with E-state index in [2.05, 4.69) is 25.8 Å². The van der Waals surface area contributed by atoms with Crippen LogP contribution in [-0.4, -0.2) is 23.2 Å². The van der Waals surface area contributed by atoms with E-state index in [0.717, 1.165) is 36.6 Å². The molecule has 3 nitrogen and oxygen atoms in total. The zero-order valence-corrected chi connectivity index (χ0v) is 11.1. The van der Waals surface area contributed by atoms with Crippen molar-refractivity contribution in [3.05, 3.63) is 15.6 Å². The van der Waals surface area contributed by atoms with Gasteiger partial charge < -0.3 is 10.5 Å². The van der Waals surface area contributed by atoms with Crippen LogP contribution in [-0.2, 0) is 11.2 Å². The molecule has 4 heteroatoms. The Hall–Kier alpha value is -0.450. The van der Waals surface area contributed by atoms with Crippen LogP contribution in [0, 0.1) is 13.8 Å². The molecule has 1 aromatic rings. The highest BCUT2D eigenvalue weighted by Gasteiger charge is 2.36. The van der Waals surface area contributed by atoms with Gasteiger partial charge in [-0.3, -0.25) is 0 Å². The normalized spacial score (nSPS) is 27.2. The molecule has 0 saturated carbocycles. The van der Waals surface area contributed by atoms with Gasteiger partial charge in [0.1, 0.15) is 0 Å². The minimum atomic E-state index is -0.145. The quantitative estimate of drug-likeness (QED) is 0.881. The van der Waals surface area contributed by atoms with Crippen molar-refractivity contribution in [1.29, 1.82) is 0 Å². The van der Waals surface area contributed by atoms with Crippen LogP contribution in [0.1, 0.15) is 35.3 Å². The van der Waals surface area contributed by atoms with Crippen molar-refractivity contribution in [1.82, 2.24) is 4.98 Å². The maximum Gasteiger partial charge on any atom is 0.0947 e.